The molecule has 0 radical (unpaired) electrons. The van der Waals surface area contributed by atoms with E-state index in [0.29, 0.717) is 11.1 Å². The summed E-state index contributed by atoms with van der Waals surface area (Å²) in [6.07, 6.45) is 0.265. The molecule has 1 aromatic rings. The van der Waals surface area contributed by atoms with Crippen LogP contribution in [0.1, 0.15) is 30.0 Å². The minimum Gasteiger partial charge on any atom is -0.297 e. The number of aryl methyl sites for hydroxylation is 3. The number of rotatable bonds is 5. The molecule has 0 N–H and O–H groups in total. The average molecular weight is 270 g/mol. The molecule has 0 spiro atoms. The van der Waals surface area contributed by atoms with Crippen molar-refractivity contribution < 1.29 is 17.4 Å². The SMILES string of the molecule is CCC(=O)COS(=O)(=O)c1c(C)cc(C)cc1C. The highest BCUT2D eigenvalue weighted by molar-refractivity contribution is 7.86. The van der Waals surface area contributed by atoms with Crippen LogP contribution in [0.4, 0.5) is 0 Å². The van der Waals surface area contributed by atoms with Crippen LogP contribution in [0.5, 0.6) is 0 Å². The highest BCUT2D eigenvalue weighted by Crippen LogP contribution is 2.23. The van der Waals surface area contributed by atoms with E-state index in [0.717, 1.165) is 5.56 Å². The minimum atomic E-state index is -3.86. The molecule has 100 valence electrons. The van der Waals surface area contributed by atoms with Crippen LogP contribution in [0.15, 0.2) is 17.0 Å². The Hall–Kier alpha value is -1.20. The fourth-order valence-corrected chi connectivity index (χ4v) is 3.18. The predicted molar refractivity (Wildman–Crippen MR) is 69.1 cm³/mol. The van der Waals surface area contributed by atoms with E-state index in [1.165, 1.54) is 0 Å². The molecule has 0 amide bonds. The van der Waals surface area contributed by atoms with Gasteiger partial charge in [0.15, 0.2) is 5.78 Å². The molecule has 0 aromatic heterocycles. The molecule has 0 atom stereocenters. The number of ketones is 1. The summed E-state index contributed by atoms with van der Waals surface area (Å²) in [7, 11) is -3.86. The van der Waals surface area contributed by atoms with Gasteiger partial charge in [-0.1, -0.05) is 24.6 Å². The molecule has 0 heterocycles. The molecular formula is C13H18O4S. The molecule has 0 aliphatic heterocycles. The topological polar surface area (TPSA) is 60.4 Å². The third-order valence-corrected chi connectivity index (χ3v) is 4.20. The molecule has 0 fully saturated rings. The maximum absolute atomic E-state index is 12.0. The van der Waals surface area contributed by atoms with E-state index in [2.05, 4.69) is 0 Å². The van der Waals surface area contributed by atoms with Crippen molar-refractivity contribution in [2.24, 2.45) is 0 Å². The fraction of sp³-hybridized carbons (Fsp3) is 0.462. The summed E-state index contributed by atoms with van der Waals surface area (Å²) >= 11 is 0. The predicted octanol–water partition coefficient (Wildman–Crippen LogP) is 2.30. The van der Waals surface area contributed by atoms with Gasteiger partial charge in [0.25, 0.3) is 10.1 Å². The van der Waals surface area contributed by atoms with E-state index in [-0.39, 0.29) is 17.1 Å². The van der Waals surface area contributed by atoms with Crippen molar-refractivity contribution in [2.75, 3.05) is 6.61 Å². The lowest BCUT2D eigenvalue weighted by Crippen LogP contribution is -2.15. The first-order valence-electron chi connectivity index (χ1n) is 5.77. The maximum Gasteiger partial charge on any atom is 0.297 e. The minimum absolute atomic E-state index is 0.164. The van der Waals surface area contributed by atoms with Crippen LogP contribution in [0.3, 0.4) is 0 Å². The zero-order chi connectivity index (χ0) is 13.9. The van der Waals surface area contributed by atoms with Crippen LogP contribution in [-0.2, 0) is 19.1 Å². The molecule has 0 bridgehead atoms. The van der Waals surface area contributed by atoms with Crippen molar-refractivity contribution in [1.82, 2.24) is 0 Å². The zero-order valence-electron chi connectivity index (χ0n) is 11.1. The van der Waals surface area contributed by atoms with Gasteiger partial charge in [-0.3, -0.25) is 8.98 Å². The smallest absolute Gasteiger partial charge is 0.297 e. The molecule has 5 heteroatoms. The summed E-state index contributed by atoms with van der Waals surface area (Å²) in [5, 5.41) is 0. The summed E-state index contributed by atoms with van der Waals surface area (Å²) in [5.74, 6) is -0.235. The Morgan fingerprint density at radius 3 is 2.11 bits per heavy atom. The quantitative estimate of drug-likeness (QED) is 0.770. The van der Waals surface area contributed by atoms with Crippen LogP contribution in [-0.4, -0.2) is 20.8 Å². The molecule has 0 saturated heterocycles. The van der Waals surface area contributed by atoms with Gasteiger partial charge in [-0.15, -0.1) is 0 Å². The Labute approximate surface area is 108 Å². The van der Waals surface area contributed by atoms with E-state index in [9.17, 15) is 13.2 Å². The Balaban J connectivity index is 3.10. The molecule has 0 saturated carbocycles. The summed E-state index contributed by atoms with van der Waals surface area (Å²) in [5.41, 5.74) is 2.27. The van der Waals surface area contributed by atoms with E-state index in [1.54, 1.807) is 32.9 Å². The fourth-order valence-electron chi connectivity index (χ4n) is 1.87. The van der Waals surface area contributed by atoms with Crippen molar-refractivity contribution >= 4 is 15.9 Å². The van der Waals surface area contributed by atoms with Crippen LogP contribution in [0.2, 0.25) is 0 Å². The van der Waals surface area contributed by atoms with Crippen LogP contribution in [0, 0.1) is 20.8 Å². The lowest BCUT2D eigenvalue weighted by Gasteiger charge is -2.11. The van der Waals surface area contributed by atoms with Gasteiger partial charge in [0.05, 0.1) is 4.90 Å². The standard InChI is InChI=1S/C13H18O4S/c1-5-12(14)8-17-18(15,16)13-10(3)6-9(2)7-11(13)4/h6-7H,5,8H2,1-4H3. The second kappa shape index (κ2) is 5.63. The van der Waals surface area contributed by atoms with E-state index < -0.39 is 16.7 Å². The summed E-state index contributed by atoms with van der Waals surface area (Å²) < 4.78 is 28.9. The first kappa shape index (κ1) is 14.9. The lowest BCUT2D eigenvalue weighted by atomic mass is 10.1. The highest BCUT2D eigenvalue weighted by atomic mass is 32.2. The van der Waals surface area contributed by atoms with Gasteiger partial charge in [0, 0.05) is 6.42 Å². The van der Waals surface area contributed by atoms with Gasteiger partial charge in [-0.05, 0) is 31.9 Å². The normalized spacial score (nSPS) is 11.6. The number of Topliss-reactive ketones (excluding diaryl/α,β-unsaturated/α-hetero) is 1. The number of carbonyl (C=O) groups is 1. The van der Waals surface area contributed by atoms with Gasteiger partial charge >= 0.3 is 0 Å². The Kier molecular flexibility index (Phi) is 4.65. The molecule has 0 aliphatic carbocycles. The second-order valence-corrected chi connectivity index (χ2v) is 5.89. The molecule has 0 unspecified atom stereocenters. The third kappa shape index (κ3) is 3.40. The van der Waals surface area contributed by atoms with Crippen molar-refractivity contribution in [2.45, 2.75) is 39.0 Å². The van der Waals surface area contributed by atoms with Gasteiger partial charge in [-0.25, -0.2) is 0 Å². The van der Waals surface area contributed by atoms with E-state index in [4.69, 9.17) is 4.18 Å². The van der Waals surface area contributed by atoms with E-state index in [1.807, 2.05) is 6.92 Å². The zero-order valence-corrected chi connectivity index (χ0v) is 11.9. The van der Waals surface area contributed by atoms with Gasteiger partial charge in [0.2, 0.25) is 0 Å². The number of carbonyl (C=O) groups excluding carboxylic acids is 1. The number of benzene rings is 1. The van der Waals surface area contributed by atoms with Gasteiger partial charge < -0.3 is 0 Å². The van der Waals surface area contributed by atoms with Crippen molar-refractivity contribution in [3.05, 3.63) is 28.8 Å². The van der Waals surface area contributed by atoms with Crippen LogP contribution < -0.4 is 0 Å². The van der Waals surface area contributed by atoms with Crippen molar-refractivity contribution in [3.63, 3.8) is 0 Å². The molecule has 0 aliphatic rings. The third-order valence-electron chi connectivity index (χ3n) is 2.62. The largest absolute Gasteiger partial charge is 0.297 e. The molecule has 1 rings (SSSR count). The van der Waals surface area contributed by atoms with Crippen molar-refractivity contribution in [3.8, 4) is 0 Å². The lowest BCUT2D eigenvalue weighted by molar-refractivity contribution is -0.120. The maximum atomic E-state index is 12.0. The first-order valence-corrected chi connectivity index (χ1v) is 7.17. The summed E-state index contributed by atoms with van der Waals surface area (Å²) in [6, 6.07) is 3.57. The van der Waals surface area contributed by atoms with Gasteiger partial charge in [-0.2, -0.15) is 8.42 Å². The Morgan fingerprint density at radius 2 is 1.67 bits per heavy atom. The second-order valence-electron chi connectivity index (χ2n) is 4.34. The summed E-state index contributed by atoms with van der Waals surface area (Å²) in [4.78, 5) is 11.3. The molecule has 18 heavy (non-hydrogen) atoms. The number of hydrogen-bond donors (Lipinski definition) is 0. The Morgan fingerprint density at radius 1 is 1.17 bits per heavy atom. The van der Waals surface area contributed by atoms with Crippen molar-refractivity contribution in [1.29, 1.82) is 0 Å². The number of hydrogen-bond acceptors (Lipinski definition) is 4. The first-order chi connectivity index (χ1) is 8.27. The summed E-state index contributed by atoms with van der Waals surface area (Å²) in [6.45, 7) is 6.61. The van der Waals surface area contributed by atoms with Crippen LogP contribution in [0.25, 0.3) is 0 Å². The van der Waals surface area contributed by atoms with Crippen LogP contribution >= 0.6 is 0 Å². The Bertz CT molecular complexity index is 535. The molecule has 1 aromatic carbocycles. The average Bonchev–Trinajstić information content (AvgIpc) is 2.24. The monoisotopic (exact) mass is 270 g/mol. The van der Waals surface area contributed by atoms with E-state index >= 15 is 0 Å². The molecular weight excluding hydrogens is 252 g/mol. The molecule has 4 nitrogen and oxygen atoms in total. The van der Waals surface area contributed by atoms with Gasteiger partial charge in [0.1, 0.15) is 6.61 Å². The highest BCUT2D eigenvalue weighted by Gasteiger charge is 2.21.